The van der Waals surface area contributed by atoms with Crippen LogP contribution in [0.25, 0.3) is 0 Å². The zero-order chi connectivity index (χ0) is 15.7. The van der Waals surface area contributed by atoms with E-state index < -0.39 is 12.1 Å². The van der Waals surface area contributed by atoms with E-state index >= 15 is 0 Å². The number of methoxy groups -OCH3 is 1. The van der Waals surface area contributed by atoms with E-state index in [2.05, 4.69) is 0 Å². The van der Waals surface area contributed by atoms with Crippen molar-refractivity contribution in [2.24, 2.45) is 0 Å². The van der Waals surface area contributed by atoms with Gasteiger partial charge in [-0.1, -0.05) is 12.1 Å². The molecule has 5 heteroatoms. The quantitative estimate of drug-likeness (QED) is 0.694. The van der Waals surface area contributed by atoms with Gasteiger partial charge in [0.05, 0.1) is 25.9 Å². The monoisotopic (exact) mass is 296 g/mol. The Morgan fingerprint density at radius 3 is 2.38 bits per heavy atom. The van der Waals surface area contributed by atoms with E-state index in [0.717, 1.165) is 11.3 Å². The van der Waals surface area contributed by atoms with Crippen molar-refractivity contribution in [2.75, 3.05) is 7.11 Å². The maximum absolute atomic E-state index is 10.7. The zero-order valence-electron chi connectivity index (χ0n) is 12.6. The molecule has 0 aliphatic rings. The van der Waals surface area contributed by atoms with Gasteiger partial charge in [0.25, 0.3) is 0 Å². The van der Waals surface area contributed by atoms with Crippen molar-refractivity contribution in [2.45, 2.75) is 51.4 Å². The Labute approximate surface area is 125 Å². The molecule has 0 aliphatic carbocycles. The molecule has 1 aromatic carbocycles. The van der Waals surface area contributed by atoms with Crippen LogP contribution in [-0.4, -0.2) is 35.5 Å². The highest BCUT2D eigenvalue weighted by Gasteiger charge is 2.13. The van der Waals surface area contributed by atoms with Gasteiger partial charge >= 0.3 is 5.97 Å². The summed E-state index contributed by atoms with van der Waals surface area (Å²) in [5.74, 6) is -0.0413. The summed E-state index contributed by atoms with van der Waals surface area (Å²) in [6.07, 6.45) is 1.24. The molecule has 2 atom stereocenters. The molecule has 0 saturated carbocycles. The Morgan fingerprint density at radius 2 is 1.86 bits per heavy atom. The van der Waals surface area contributed by atoms with Gasteiger partial charge in [-0.2, -0.15) is 0 Å². The molecule has 0 fully saturated rings. The number of hydrogen-bond acceptors (Lipinski definition) is 4. The first-order valence-electron chi connectivity index (χ1n) is 7.15. The molecule has 1 aromatic rings. The predicted molar refractivity (Wildman–Crippen MR) is 79.4 cm³/mol. The molecule has 21 heavy (non-hydrogen) atoms. The van der Waals surface area contributed by atoms with Crippen molar-refractivity contribution in [1.29, 1.82) is 0 Å². The number of aliphatic carboxylic acids is 1. The maximum atomic E-state index is 10.7. The summed E-state index contributed by atoms with van der Waals surface area (Å²) < 4.78 is 10.9. The zero-order valence-corrected chi connectivity index (χ0v) is 12.6. The van der Waals surface area contributed by atoms with Crippen LogP contribution in [0.5, 0.6) is 5.75 Å². The Morgan fingerprint density at radius 1 is 1.19 bits per heavy atom. The third-order valence-electron chi connectivity index (χ3n) is 3.23. The molecule has 0 saturated heterocycles. The molecular weight excluding hydrogens is 272 g/mol. The van der Waals surface area contributed by atoms with Crippen molar-refractivity contribution in [3.8, 4) is 5.75 Å². The molecule has 2 N–H and O–H groups in total. The molecule has 0 unspecified atom stereocenters. The lowest BCUT2D eigenvalue weighted by Gasteiger charge is -2.18. The highest BCUT2D eigenvalue weighted by molar-refractivity contribution is 5.66. The summed E-state index contributed by atoms with van der Waals surface area (Å²) >= 11 is 0. The first kappa shape index (κ1) is 17.5. The number of aliphatic hydroxyl groups excluding tert-OH is 1. The van der Waals surface area contributed by atoms with Crippen LogP contribution < -0.4 is 4.74 Å². The molecule has 0 aliphatic heterocycles. The standard InChI is InChI=1S/C16H24O5/c1-12(17)3-6-15(9-10-16(18)19)21-11-13-4-7-14(20-2)8-5-13/h4-5,7-8,12,15,17H,3,6,9-11H2,1-2H3,(H,18,19)/t12-,15-/m0/s1. The van der Waals surface area contributed by atoms with Gasteiger partial charge < -0.3 is 19.7 Å². The topological polar surface area (TPSA) is 76.0 Å². The number of benzene rings is 1. The molecule has 0 spiro atoms. The molecule has 1 rings (SSSR count). The van der Waals surface area contributed by atoms with Gasteiger partial charge in [-0.15, -0.1) is 0 Å². The van der Waals surface area contributed by atoms with E-state index in [1.54, 1.807) is 14.0 Å². The number of aliphatic hydroxyl groups is 1. The van der Waals surface area contributed by atoms with Gasteiger partial charge in [-0.25, -0.2) is 0 Å². The van der Waals surface area contributed by atoms with Crippen molar-refractivity contribution in [3.05, 3.63) is 29.8 Å². The van der Waals surface area contributed by atoms with Crippen LogP contribution in [0.3, 0.4) is 0 Å². The second kappa shape index (κ2) is 9.37. The van der Waals surface area contributed by atoms with Gasteiger partial charge in [0.1, 0.15) is 5.75 Å². The fourth-order valence-electron chi connectivity index (χ4n) is 1.96. The number of rotatable bonds is 10. The minimum Gasteiger partial charge on any atom is -0.497 e. The lowest BCUT2D eigenvalue weighted by atomic mass is 10.1. The third kappa shape index (κ3) is 7.68. The lowest BCUT2D eigenvalue weighted by molar-refractivity contribution is -0.138. The van der Waals surface area contributed by atoms with Crippen LogP contribution >= 0.6 is 0 Å². The molecule has 0 aromatic heterocycles. The average Bonchev–Trinajstić information content (AvgIpc) is 2.46. The fourth-order valence-corrected chi connectivity index (χ4v) is 1.96. The number of ether oxygens (including phenoxy) is 2. The first-order chi connectivity index (χ1) is 10.0. The highest BCUT2D eigenvalue weighted by Crippen LogP contribution is 2.16. The average molecular weight is 296 g/mol. The van der Waals surface area contributed by atoms with E-state index in [1.807, 2.05) is 24.3 Å². The minimum absolute atomic E-state index is 0.0765. The predicted octanol–water partition coefficient (Wildman–Crippen LogP) is 2.61. The van der Waals surface area contributed by atoms with E-state index in [1.165, 1.54) is 0 Å². The highest BCUT2D eigenvalue weighted by atomic mass is 16.5. The molecular formula is C16H24O5. The molecule has 0 bridgehead atoms. The van der Waals surface area contributed by atoms with Crippen molar-refractivity contribution in [1.82, 2.24) is 0 Å². The summed E-state index contributed by atoms with van der Waals surface area (Å²) in [4.78, 5) is 10.7. The second-order valence-electron chi connectivity index (χ2n) is 5.14. The molecule has 0 heterocycles. The number of carboxylic acid groups (broad SMARTS) is 1. The van der Waals surface area contributed by atoms with Gasteiger partial charge in [-0.05, 0) is 43.9 Å². The first-order valence-corrected chi connectivity index (χ1v) is 7.15. The van der Waals surface area contributed by atoms with E-state index in [9.17, 15) is 9.90 Å². The maximum Gasteiger partial charge on any atom is 0.303 e. The van der Waals surface area contributed by atoms with Gasteiger partial charge in [0.15, 0.2) is 0 Å². The summed E-state index contributed by atoms with van der Waals surface area (Å²) in [6, 6.07) is 7.56. The van der Waals surface area contributed by atoms with E-state index in [-0.39, 0.29) is 12.5 Å². The molecule has 0 radical (unpaired) electrons. The summed E-state index contributed by atoms with van der Waals surface area (Å²) in [7, 11) is 1.61. The summed E-state index contributed by atoms with van der Waals surface area (Å²) in [5.41, 5.74) is 1.01. The number of carbonyl (C=O) groups is 1. The third-order valence-corrected chi connectivity index (χ3v) is 3.23. The van der Waals surface area contributed by atoms with Gasteiger partial charge in [0, 0.05) is 6.42 Å². The summed E-state index contributed by atoms with van der Waals surface area (Å²) in [5, 5.41) is 18.1. The Balaban J connectivity index is 2.47. The van der Waals surface area contributed by atoms with Gasteiger partial charge in [-0.3, -0.25) is 4.79 Å². The number of carboxylic acids is 1. The molecule has 0 amide bonds. The Hall–Kier alpha value is -1.59. The van der Waals surface area contributed by atoms with Crippen molar-refractivity contribution < 1.29 is 24.5 Å². The smallest absolute Gasteiger partial charge is 0.303 e. The van der Waals surface area contributed by atoms with Crippen LogP contribution in [0.15, 0.2) is 24.3 Å². The lowest BCUT2D eigenvalue weighted by Crippen LogP contribution is -2.17. The van der Waals surface area contributed by atoms with Crippen LogP contribution in [0.2, 0.25) is 0 Å². The Bertz CT molecular complexity index is 413. The largest absolute Gasteiger partial charge is 0.497 e. The van der Waals surface area contributed by atoms with E-state index in [0.29, 0.717) is 25.9 Å². The van der Waals surface area contributed by atoms with Crippen LogP contribution in [0, 0.1) is 0 Å². The minimum atomic E-state index is -0.829. The van der Waals surface area contributed by atoms with Crippen molar-refractivity contribution >= 4 is 5.97 Å². The normalized spacial score (nSPS) is 13.7. The number of hydrogen-bond donors (Lipinski definition) is 2. The molecule has 118 valence electrons. The second-order valence-corrected chi connectivity index (χ2v) is 5.14. The Kier molecular flexibility index (Phi) is 7.79. The van der Waals surface area contributed by atoms with Crippen LogP contribution in [-0.2, 0) is 16.1 Å². The fraction of sp³-hybridized carbons (Fsp3) is 0.562. The molecule has 5 nitrogen and oxygen atoms in total. The van der Waals surface area contributed by atoms with Gasteiger partial charge in [0.2, 0.25) is 0 Å². The summed E-state index contributed by atoms with van der Waals surface area (Å²) in [6.45, 7) is 2.14. The van der Waals surface area contributed by atoms with Crippen LogP contribution in [0.4, 0.5) is 0 Å². The van der Waals surface area contributed by atoms with Crippen molar-refractivity contribution in [3.63, 3.8) is 0 Å². The SMILES string of the molecule is COc1ccc(CO[C@H](CCC(=O)O)CC[C@H](C)O)cc1. The van der Waals surface area contributed by atoms with E-state index in [4.69, 9.17) is 14.6 Å². The van der Waals surface area contributed by atoms with Crippen LogP contribution in [0.1, 0.15) is 38.2 Å².